The highest BCUT2D eigenvalue weighted by atomic mass is 16.7. The normalized spacial score (nSPS) is 26.9. The number of carboxylic acids is 2. The second-order valence-electron chi connectivity index (χ2n) is 8.01. The van der Waals surface area contributed by atoms with E-state index in [4.69, 9.17) is 14.6 Å². The number of ether oxygens (including phenoxy) is 2. The lowest BCUT2D eigenvalue weighted by atomic mass is 9.98. The molecule has 0 aliphatic carbocycles. The average Bonchev–Trinajstić information content (AvgIpc) is 2.77. The number of hydrogen-bond donors (Lipinski definition) is 9. The smallest absolute Gasteiger partial charge is 0.328 e. The van der Waals surface area contributed by atoms with Gasteiger partial charge in [-0.2, -0.15) is 0 Å². The molecule has 0 spiro atoms. The first kappa shape index (κ1) is 29.6. The molecule has 0 aromatic carbocycles. The molecule has 15 nitrogen and oxygen atoms in total. The molecule has 34 heavy (non-hydrogen) atoms. The Labute approximate surface area is 194 Å². The summed E-state index contributed by atoms with van der Waals surface area (Å²) in [7, 11) is 0. The highest BCUT2D eigenvalue weighted by Gasteiger charge is 2.45. The number of rotatable bonds is 13. The van der Waals surface area contributed by atoms with Gasteiger partial charge in [0.05, 0.1) is 25.4 Å². The van der Waals surface area contributed by atoms with E-state index < -0.39 is 85.4 Å². The molecule has 1 heterocycles. The van der Waals surface area contributed by atoms with E-state index in [1.165, 1.54) is 13.8 Å². The zero-order valence-corrected chi connectivity index (χ0v) is 18.7. The van der Waals surface area contributed by atoms with Crippen molar-refractivity contribution in [2.24, 2.45) is 0 Å². The Morgan fingerprint density at radius 1 is 1.00 bits per heavy atom. The minimum atomic E-state index is -2.33. The number of hydrogen-bond acceptors (Lipinski definition) is 11. The number of aliphatic carboxylic acids is 2. The first-order chi connectivity index (χ1) is 15.8. The molecule has 7 atom stereocenters. The van der Waals surface area contributed by atoms with Crippen LogP contribution in [0.4, 0.5) is 0 Å². The lowest BCUT2D eigenvalue weighted by Gasteiger charge is -2.40. The first-order valence-corrected chi connectivity index (χ1v) is 10.4. The van der Waals surface area contributed by atoms with E-state index in [9.17, 15) is 49.8 Å². The predicted molar refractivity (Wildman–Crippen MR) is 109 cm³/mol. The van der Waals surface area contributed by atoms with Crippen LogP contribution in [0.25, 0.3) is 0 Å². The van der Waals surface area contributed by atoms with Gasteiger partial charge in [-0.1, -0.05) is 0 Å². The molecule has 1 saturated heterocycles. The molecule has 0 aromatic rings. The number of nitrogens with one attached hydrogen (secondary N) is 2. The fourth-order valence-electron chi connectivity index (χ4n) is 3.13. The van der Waals surface area contributed by atoms with Crippen molar-refractivity contribution in [1.82, 2.24) is 10.6 Å². The molecule has 1 fully saturated rings. The number of aliphatic hydroxyl groups excluding tert-OH is 5. The molecule has 0 radical (unpaired) electrons. The van der Waals surface area contributed by atoms with Crippen molar-refractivity contribution in [2.75, 3.05) is 13.2 Å². The molecule has 196 valence electrons. The van der Waals surface area contributed by atoms with Crippen molar-refractivity contribution in [1.29, 1.82) is 0 Å². The first-order valence-electron chi connectivity index (χ1n) is 10.4. The van der Waals surface area contributed by atoms with Crippen molar-refractivity contribution >= 4 is 23.8 Å². The molecular weight excluding hydrogens is 464 g/mol. The number of carboxylic acid groups (broad SMARTS) is 2. The highest BCUT2D eigenvalue weighted by molar-refractivity contribution is 5.94. The van der Waals surface area contributed by atoms with E-state index in [0.29, 0.717) is 0 Å². The van der Waals surface area contributed by atoms with Crippen LogP contribution >= 0.6 is 0 Å². The third-order valence-corrected chi connectivity index (χ3v) is 5.33. The molecule has 0 aromatic heterocycles. The van der Waals surface area contributed by atoms with Crippen LogP contribution in [0, 0.1) is 0 Å². The Kier molecular flexibility index (Phi) is 11.2. The zero-order valence-electron chi connectivity index (χ0n) is 18.7. The number of amides is 2. The van der Waals surface area contributed by atoms with Gasteiger partial charge in [0.2, 0.25) is 5.91 Å². The third-order valence-electron chi connectivity index (χ3n) is 5.33. The Bertz CT molecular complexity index is 729. The van der Waals surface area contributed by atoms with Gasteiger partial charge in [0.1, 0.15) is 18.3 Å². The van der Waals surface area contributed by atoms with Crippen LogP contribution in [0.3, 0.4) is 0 Å². The Morgan fingerprint density at radius 2 is 1.59 bits per heavy atom. The lowest BCUT2D eigenvalue weighted by Crippen LogP contribution is -2.67. The van der Waals surface area contributed by atoms with E-state index in [-0.39, 0.29) is 19.3 Å². The van der Waals surface area contributed by atoms with Gasteiger partial charge in [-0.25, -0.2) is 4.79 Å². The zero-order chi connectivity index (χ0) is 26.2. The van der Waals surface area contributed by atoms with Crippen LogP contribution in [-0.4, -0.2) is 121 Å². The van der Waals surface area contributed by atoms with Crippen LogP contribution in [-0.2, 0) is 28.7 Å². The van der Waals surface area contributed by atoms with Crippen LogP contribution in [0.15, 0.2) is 0 Å². The second kappa shape index (κ2) is 12.9. The summed E-state index contributed by atoms with van der Waals surface area (Å²) in [5.74, 6) is -4.91. The summed E-state index contributed by atoms with van der Waals surface area (Å²) in [6.07, 6.45) is -9.50. The number of aliphatic hydroxyl groups is 5. The van der Waals surface area contributed by atoms with Crippen LogP contribution in [0.5, 0.6) is 0 Å². The SMILES string of the molecule is C[C@@H]1O[C@@H](O[C@H](C)[C@H](NC(=O)C(CO)(CO)NC(=O)CCCC(=O)O)C(=O)O)[C@@H](O)[C@H](O)[C@@H]1O. The summed E-state index contributed by atoms with van der Waals surface area (Å²) in [6, 6.07) is -1.83. The molecule has 1 rings (SSSR count). The van der Waals surface area contributed by atoms with E-state index in [1.807, 2.05) is 5.32 Å². The second-order valence-corrected chi connectivity index (χ2v) is 8.01. The predicted octanol–water partition coefficient (Wildman–Crippen LogP) is -4.12. The van der Waals surface area contributed by atoms with Crippen molar-refractivity contribution in [3.8, 4) is 0 Å². The molecule has 9 N–H and O–H groups in total. The van der Waals surface area contributed by atoms with Crippen molar-refractivity contribution in [3.05, 3.63) is 0 Å². The van der Waals surface area contributed by atoms with Gasteiger partial charge in [-0.3, -0.25) is 14.4 Å². The van der Waals surface area contributed by atoms with Crippen LogP contribution in [0.2, 0.25) is 0 Å². The maximum atomic E-state index is 12.8. The van der Waals surface area contributed by atoms with Gasteiger partial charge in [-0.05, 0) is 20.3 Å². The van der Waals surface area contributed by atoms with Gasteiger partial charge in [0.15, 0.2) is 17.9 Å². The minimum Gasteiger partial charge on any atom is -0.481 e. The summed E-state index contributed by atoms with van der Waals surface area (Å²) in [5.41, 5.74) is -2.33. The summed E-state index contributed by atoms with van der Waals surface area (Å²) in [5, 5.41) is 71.3. The molecule has 0 saturated carbocycles. The number of carbonyl (C=O) groups is 4. The molecule has 1 aliphatic heterocycles. The quantitative estimate of drug-likeness (QED) is 0.118. The summed E-state index contributed by atoms with van der Waals surface area (Å²) < 4.78 is 10.6. The van der Waals surface area contributed by atoms with E-state index >= 15 is 0 Å². The van der Waals surface area contributed by atoms with Crippen molar-refractivity contribution in [2.45, 2.75) is 81.5 Å². The number of carbonyl (C=O) groups excluding carboxylic acids is 2. The maximum absolute atomic E-state index is 12.8. The highest BCUT2D eigenvalue weighted by Crippen LogP contribution is 2.23. The fourth-order valence-corrected chi connectivity index (χ4v) is 3.13. The van der Waals surface area contributed by atoms with Crippen LogP contribution < -0.4 is 10.6 Å². The average molecular weight is 496 g/mol. The van der Waals surface area contributed by atoms with Gasteiger partial charge >= 0.3 is 11.9 Å². The monoisotopic (exact) mass is 496 g/mol. The molecular formula is C19H32N2O13. The molecule has 0 unspecified atom stereocenters. The largest absolute Gasteiger partial charge is 0.481 e. The van der Waals surface area contributed by atoms with E-state index in [2.05, 4.69) is 5.32 Å². The molecule has 15 heteroatoms. The fraction of sp³-hybridized carbons (Fsp3) is 0.789. The Hall–Kier alpha value is -2.40. The summed E-state index contributed by atoms with van der Waals surface area (Å²) in [6.45, 7) is 0.343. The lowest BCUT2D eigenvalue weighted by molar-refractivity contribution is -0.304. The Morgan fingerprint density at radius 3 is 2.09 bits per heavy atom. The minimum absolute atomic E-state index is 0.0823. The van der Waals surface area contributed by atoms with E-state index in [0.717, 1.165) is 0 Å². The Balaban J connectivity index is 2.92. The third kappa shape index (κ3) is 7.56. The van der Waals surface area contributed by atoms with Gasteiger partial charge < -0.3 is 55.9 Å². The topological polar surface area (TPSA) is 252 Å². The van der Waals surface area contributed by atoms with Gasteiger partial charge in [-0.15, -0.1) is 0 Å². The maximum Gasteiger partial charge on any atom is 0.328 e. The summed E-state index contributed by atoms with van der Waals surface area (Å²) >= 11 is 0. The van der Waals surface area contributed by atoms with Crippen molar-refractivity contribution < 1.29 is 64.4 Å². The van der Waals surface area contributed by atoms with Gasteiger partial charge in [0.25, 0.3) is 5.91 Å². The summed E-state index contributed by atoms with van der Waals surface area (Å²) in [4.78, 5) is 47.1. The van der Waals surface area contributed by atoms with E-state index in [1.54, 1.807) is 0 Å². The molecule has 2 amide bonds. The molecule has 0 bridgehead atoms. The molecule has 1 aliphatic rings. The van der Waals surface area contributed by atoms with Crippen LogP contribution in [0.1, 0.15) is 33.1 Å². The van der Waals surface area contributed by atoms with Gasteiger partial charge in [0, 0.05) is 12.8 Å². The van der Waals surface area contributed by atoms with Crippen molar-refractivity contribution in [3.63, 3.8) is 0 Å². The standard InChI is InChI=1S/C19H32N2O13/c1-8(33-17-15(29)14(28)13(27)9(2)34-17)12(16(30)31)20-18(32)19(6-22,7-23)21-10(24)4-3-5-11(25)26/h8-9,12-15,17,22-23,27-29H,3-7H2,1-2H3,(H,20,32)(H,21,24)(H,25,26)(H,30,31)/t8-,9+,12+,13-,14-,15+,17-/m1/s1.